The van der Waals surface area contributed by atoms with E-state index in [4.69, 9.17) is 5.14 Å². The van der Waals surface area contributed by atoms with Crippen LogP contribution in [0.3, 0.4) is 0 Å². The molecular weight excluding hydrogens is 425 g/mol. The number of anilines is 1. The molecule has 1 aromatic heterocycles. The van der Waals surface area contributed by atoms with Crippen LogP contribution in [0.25, 0.3) is 0 Å². The van der Waals surface area contributed by atoms with Crippen LogP contribution >= 0.6 is 11.3 Å². The number of nitrogens with two attached hydrogens (primary N) is 1. The largest absolute Gasteiger partial charge is 0.385 e. The van der Waals surface area contributed by atoms with E-state index in [-0.39, 0.29) is 20.9 Å². The summed E-state index contributed by atoms with van der Waals surface area (Å²) in [6, 6.07) is 4.13. The van der Waals surface area contributed by atoms with Crippen LogP contribution in [0.4, 0.5) is 14.9 Å². The number of hydrogen-bond donors (Lipinski definition) is 3. The summed E-state index contributed by atoms with van der Waals surface area (Å²) in [6.07, 6.45) is 0. The molecule has 6 nitrogen and oxygen atoms in total. The molecule has 2 rings (SSSR count). The number of thiophene rings is 1. The van der Waals surface area contributed by atoms with Gasteiger partial charge in [-0.1, -0.05) is 45.4 Å². The van der Waals surface area contributed by atoms with Crippen LogP contribution in [0.5, 0.6) is 0 Å². The first-order valence-electron chi connectivity index (χ1n) is 9.66. The number of aliphatic hydroxyl groups is 1. The summed E-state index contributed by atoms with van der Waals surface area (Å²) in [7, 11) is -3.83. The van der Waals surface area contributed by atoms with Gasteiger partial charge in [-0.2, -0.15) is 0 Å². The van der Waals surface area contributed by atoms with E-state index in [9.17, 15) is 18.5 Å². The highest BCUT2D eigenvalue weighted by atomic mass is 32.2. The molecule has 0 unspecified atom stereocenters. The van der Waals surface area contributed by atoms with Crippen LogP contribution in [0.2, 0.25) is 0 Å². The lowest BCUT2D eigenvalue weighted by molar-refractivity contribution is 0.0823. The Morgan fingerprint density at radius 3 is 2.10 bits per heavy atom. The molecule has 1 atom stereocenters. The summed E-state index contributed by atoms with van der Waals surface area (Å²) >= 11 is 0.741. The van der Waals surface area contributed by atoms with Crippen molar-refractivity contribution in [3.8, 4) is 0 Å². The normalized spacial score (nSPS) is 14.1. The number of amides is 2. The fraction of sp³-hybridized carbons (Fsp3) is 0.476. The third-order valence-corrected chi connectivity index (χ3v) is 7.91. The van der Waals surface area contributed by atoms with E-state index >= 15 is 0 Å². The minimum Gasteiger partial charge on any atom is -0.385 e. The molecule has 0 aliphatic carbocycles. The van der Waals surface area contributed by atoms with E-state index in [1.165, 1.54) is 13.8 Å². The number of carbonyl (C=O) groups is 1. The lowest BCUT2D eigenvalue weighted by Gasteiger charge is -2.20. The number of hydrogen-bond acceptors (Lipinski definition) is 4. The molecule has 1 heterocycles. The van der Waals surface area contributed by atoms with Gasteiger partial charge in [0.2, 0.25) is 0 Å². The fourth-order valence-corrected chi connectivity index (χ4v) is 5.39. The van der Waals surface area contributed by atoms with Crippen molar-refractivity contribution >= 4 is 33.0 Å². The molecule has 2 aromatic rings. The lowest BCUT2D eigenvalue weighted by atomic mass is 9.90. The predicted molar refractivity (Wildman–Crippen MR) is 121 cm³/mol. The number of halogens is 1. The van der Waals surface area contributed by atoms with Crippen LogP contribution in [0, 0.1) is 12.7 Å². The summed E-state index contributed by atoms with van der Waals surface area (Å²) in [6.45, 7) is 13.0. The minimum absolute atomic E-state index is 0.129. The molecule has 0 saturated carbocycles. The lowest BCUT2D eigenvalue weighted by Crippen LogP contribution is -2.19. The molecule has 0 aliphatic rings. The van der Waals surface area contributed by atoms with Crippen molar-refractivity contribution in [2.45, 2.75) is 70.1 Å². The second-order valence-electron chi connectivity index (χ2n) is 8.52. The van der Waals surface area contributed by atoms with Crippen molar-refractivity contribution < 1.29 is 18.5 Å². The molecule has 0 saturated heterocycles. The van der Waals surface area contributed by atoms with Crippen LogP contribution in [-0.4, -0.2) is 15.3 Å². The zero-order valence-corrected chi connectivity index (χ0v) is 20.0. The zero-order valence-electron chi connectivity index (χ0n) is 18.4. The summed E-state index contributed by atoms with van der Waals surface area (Å²) < 4.78 is 30.5. The smallest absolute Gasteiger partial charge is 0.354 e. The Labute approximate surface area is 182 Å². The van der Waals surface area contributed by atoms with E-state index in [1.807, 2.05) is 46.8 Å². The number of aryl methyl sites for hydroxylation is 1. The van der Waals surface area contributed by atoms with Gasteiger partial charge < -0.3 is 10.4 Å². The second kappa shape index (κ2) is 8.74. The number of nitrogens with zero attached hydrogens (tertiary/aromatic N) is 1. The molecule has 2 amide bonds. The summed E-state index contributed by atoms with van der Waals surface area (Å²) in [5.74, 6) is -0.602. The standard InChI is InChI=1S/C21H30FN3O3S2/c1-11(2)14-8-13(5)9-15(12(3)4)18(14)24-20(26)25-30(23,28)19-16(22)10-17(29-19)21(6,7)27/h8-12,27H,1-7H3,(H3,23,24,25,26,28)/t30-/m0/s1. The average molecular weight is 456 g/mol. The Hall–Kier alpha value is -1.81. The van der Waals surface area contributed by atoms with Gasteiger partial charge in [0.1, 0.15) is 0 Å². The summed E-state index contributed by atoms with van der Waals surface area (Å²) in [5.41, 5.74) is 2.20. The highest BCUT2D eigenvalue weighted by Gasteiger charge is 2.26. The topological polar surface area (TPSA) is 105 Å². The van der Waals surface area contributed by atoms with Crippen LogP contribution in [0.1, 0.15) is 74.9 Å². The summed E-state index contributed by atoms with van der Waals surface area (Å²) in [5, 5.41) is 18.5. The highest BCUT2D eigenvalue weighted by Crippen LogP contribution is 2.35. The van der Waals surface area contributed by atoms with Crippen LogP contribution < -0.4 is 10.5 Å². The van der Waals surface area contributed by atoms with Gasteiger partial charge in [-0.25, -0.2) is 18.5 Å². The SMILES string of the molecule is Cc1cc(C(C)C)c(NC(=O)N=[S@](N)(=O)c2sc(C(C)(C)O)cc2F)c(C(C)C)c1. The first kappa shape index (κ1) is 24.5. The molecule has 1 aromatic carbocycles. The highest BCUT2D eigenvalue weighted by molar-refractivity contribution is 7.93. The van der Waals surface area contributed by atoms with E-state index in [0.29, 0.717) is 5.69 Å². The second-order valence-corrected chi connectivity index (χ2v) is 11.6. The van der Waals surface area contributed by atoms with Gasteiger partial charge in [0.25, 0.3) is 0 Å². The van der Waals surface area contributed by atoms with Gasteiger partial charge in [0.15, 0.2) is 19.9 Å². The molecule has 4 N–H and O–H groups in total. The quantitative estimate of drug-likeness (QED) is 0.546. The first-order chi connectivity index (χ1) is 13.6. The molecule has 0 fully saturated rings. The van der Waals surface area contributed by atoms with Crippen molar-refractivity contribution in [1.29, 1.82) is 0 Å². The van der Waals surface area contributed by atoms with Crippen molar-refractivity contribution in [3.05, 3.63) is 45.6 Å². The Morgan fingerprint density at radius 1 is 1.20 bits per heavy atom. The molecule has 0 spiro atoms. The van der Waals surface area contributed by atoms with E-state index in [1.54, 1.807) is 0 Å². The molecule has 9 heteroatoms. The minimum atomic E-state index is -3.83. The van der Waals surface area contributed by atoms with Crippen LogP contribution in [-0.2, 0) is 15.5 Å². The maximum Gasteiger partial charge on any atom is 0.354 e. The number of rotatable bonds is 5. The van der Waals surface area contributed by atoms with Gasteiger partial charge in [0.05, 0.1) is 5.60 Å². The molecule has 0 aliphatic heterocycles. The predicted octanol–water partition coefficient (Wildman–Crippen LogP) is 5.60. The third kappa shape index (κ3) is 5.46. The molecule has 0 bridgehead atoms. The van der Waals surface area contributed by atoms with E-state index in [0.717, 1.165) is 34.1 Å². The molecule has 166 valence electrons. The van der Waals surface area contributed by atoms with Gasteiger partial charge in [0, 0.05) is 10.6 Å². The van der Waals surface area contributed by atoms with Gasteiger partial charge in [-0.3, -0.25) is 0 Å². The third-order valence-electron chi connectivity index (χ3n) is 4.56. The van der Waals surface area contributed by atoms with E-state index in [2.05, 4.69) is 9.68 Å². The van der Waals surface area contributed by atoms with Crippen molar-refractivity contribution in [2.75, 3.05) is 5.32 Å². The Balaban J connectivity index is 2.50. The van der Waals surface area contributed by atoms with Gasteiger partial charge in [-0.05, 0) is 49.8 Å². The Kier molecular flexibility index (Phi) is 7.13. The van der Waals surface area contributed by atoms with Crippen LogP contribution in [0.15, 0.2) is 26.8 Å². The number of nitrogens with one attached hydrogen (secondary N) is 1. The fourth-order valence-electron chi connectivity index (χ4n) is 3.05. The van der Waals surface area contributed by atoms with Crippen molar-refractivity contribution in [3.63, 3.8) is 0 Å². The molecule has 0 radical (unpaired) electrons. The number of benzene rings is 1. The van der Waals surface area contributed by atoms with Crippen molar-refractivity contribution in [1.82, 2.24) is 0 Å². The Morgan fingerprint density at radius 2 is 1.70 bits per heavy atom. The maximum atomic E-state index is 14.3. The molecular formula is C21H30FN3O3S2. The van der Waals surface area contributed by atoms with Crippen molar-refractivity contribution in [2.24, 2.45) is 9.50 Å². The maximum absolute atomic E-state index is 14.3. The Bertz CT molecular complexity index is 1050. The van der Waals surface area contributed by atoms with Gasteiger partial charge in [-0.15, -0.1) is 15.7 Å². The number of carbonyl (C=O) groups excluding carboxylic acids is 1. The number of urea groups is 1. The molecule has 30 heavy (non-hydrogen) atoms. The monoisotopic (exact) mass is 455 g/mol. The van der Waals surface area contributed by atoms with E-state index < -0.39 is 27.4 Å². The zero-order chi connectivity index (χ0) is 23.0. The van der Waals surface area contributed by atoms with Gasteiger partial charge >= 0.3 is 6.03 Å². The average Bonchev–Trinajstić information content (AvgIpc) is 2.98. The summed E-state index contributed by atoms with van der Waals surface area (Å²) in [4.78, 5) is 12.9. The first-order valence-corrected chi connectivity index (χ1v) is 12.1.